The van der Waals surface area contributed by atoms with Crippen molar-refractivity contribution >= 4 is 11.5 Å². The van der Waals surface area contributed by atoms with Crippen molar-refractivity contribution in [3.8, 4) is 5.75 Å². The lowest BCUT2D eigenvalue weighted by atomic mass is 9.87. The summed E-state index contributed by atoms with van der Waals surface area (Å²) in [5.74, 6) is 0.477. The lowest BCUT2D eigenvalue weighted by molar-refractivity contribution is -0.143. The minimum atomic E-state index is -0.200. The molecular weight excluding hydrogens is 252 g/mol. The van der Waals surface area contributed by atoms with E-state index in [1.165, 1.54) is 12.7 Å². The molecule has 20 heavy (non-hydrogen) atoms. The fraction of sp³-hybridized carbons (Fsp3) is 0.471. The van der Waals surface area contributed by atoms with Gasteiger partial charge in [-0.25, -0.2) is 0 Å². The van der Waals surface area contributed by atoms with Crippen molar-refractivity contribution < 1.29 is 14.3 Å². The minimum Gasteiger partial charge on any atom is -0.497 e. The standard InChI is InChI=1S/C17H22O3/c1-6-12(16(18)20-5)14-10-17(2,3)15-9-11(19-4)7-8-13(14)15/h7-10,12H,6H2,1-5H3. The lowest BCUT2D eigenvalue weighted by Crippen LogP contribution is -2.16. The van der Waals surface area contributed by atoms with Crippen LogP contribution in [0, 0.1) is 5.92 Å². The summed E-state index contributed by atoms with van der Waals surface area (Å²) >= 11 is 0. The molecule has 3 heteroatoms. The van der Waals surface area contributed by atoms with Crippen LogP contribution in [0.1, 0.15) is 38.3 Å². The maximum absolute atomic E-state index is 12.0. The van der Waals surface area contributed by atoms with E-state index < -0.39 is 0 Å². The highest BCUT2D eigenvalue weighted by atomic mass is 16.5. The van der Waals surface area contributed by atoms with Gasteiger partial charge in [0.2, 0.25) is 0 Å². The van der Waals surface area contributed by atoms with Crippen molar-refractivity contribution in [3.63, 3.8) is 0 Å². The van der Waals surface area contributed by atoms with Crippen LogP contribution in [0.2, 0.25) is 0 Å². The number of benzene rings is 1. The number of methoxy groups -OCH3 is 2. The third kappa shape index (κ3) is 2.33. The fourth-order valence-electron chi connectivity index (χ4n) is 2.92. The first kappa shape index (κ1) is 14.6. The predicted molar refractivity (Wildman–Crippen MR) is 79.8 cm³/mol. The smallest absolute Gasteiger partial charge is 0.313 e. The molecule has 0 fully saturated rings. The summed E-state index contributed by atoms with van der Waals surface area (Å²) in [6, 6.07) is 6.04. The Morgan fingerprint density at radius 1 is 1.30 bits per heavy atom. The number of allylic oxidation sites excluding steroid dienone is 1. The zero-order valence-corrected chi connectivity index (χ0v) is 12.8. The number of fused-ring (bicyclic) bond motifs is 1. The summed E-state index contributed by atoms with van der Waals surface area (Å²) in [7, 11) is 3.11. The van der Waals surface area contributed by atoms with E-state index in [0.717, 1.165) is 23.3 Å². The summed E-state index contributed by atoms with van der Waals surface area (Å²) in [5.41, 5.74) is 3.31. The Morgan fingerprint density at radius 2 is 2.00 bits per heavy atom. The second-order valence-corrected chi connectivity index (χ2v) is 5.72. The molecule has 1 atom stereocenters. The van der Waals surface area contributed by atoms with E-state index in [1.54, 1.807) is 7.11 Å². The summed E-state index contributed by atoms with van der Waals surface area (Å²) in [5, 5.41) is 0. The van der Waals surface area contributed by atoms with Gasteiger partial charge in [-0.2, -0.15) is 0 Å². The highest BCUT2D eigenvalue weighted by Gasteiger charge is 2.35. The third-order valence-electron chi connectivity index (χ3n) is 4.02. The van der Waals surface area contributed by atoms with Gasteiger partial charge in [-0.1, -0.05) is 32.9 Å². The number of carbonyl (C=O) groups is 1. The Hall–Kier alpha value is -1.77. The molecule has 0 saturated carbocycles. The average molecular weight is 274 g/mol. The van der Waals surface area contributed by atoms with Crippen molar-refractivity contribution in [1.82, 2.24) is 0 Å². The second kappa shape index (κ2) is 5.31. The van der Waals surface area contributed by atoms with Gasteiger partial charge < -0.3 is 9.47 Å². The topological polar surface area (TPSA) is 35.5 Å². The Labute approximate surface area is 120 Å². The largest absolute Gasteiger partial charge is 0.497 e. The van der Waals surface area contributed by atoms with Crippen LogP contribution < -0.4 is 4.74 Å². The van der Waals surface area contributed by atoms with Gasteiger partial charge in [0.1, 0.15) is 5.75 Å². The predicted octanol–water partition coefficient (Wildman–Crippen LogP) is 3.57. The van der Waals surface area contributed by atoms with Gasteiger partial charge in [0.15, 0.2) is 0 Å². The van der Waals surface area contributed by atoms with Crippen LogP contribution in [-0.2, 0) is 14.9 Å². The molecule has 2 rings (SSSR count). The second-order valence-electron chi connectivity index (χ2n) is 5.72. The molecule has 1 unspecified atom stereocenters. The Morgan fingerprint density at radius 3 is 2.55 bits per heavy atom. The van der Waals surface area contributed by atoms with Crippen molar-refractivity contribution in [1.29, 1.82) is 0 Å². The van der Waals surface area contributed by atoms with Crippen LogP contribution in [0.3, 0.4) is 0 Å². The first-order chi connectivity index (χ1) is 9.44. The molecule has 0 bridgehead atoms. The van der Waals surface area contributed by atoms with E-state index in [-0.39, 0.29) is 17.3 Å². The Bertz CT molecular complexity index is 555. The minimum absolute atomic E-state index is 0.0966. The molecule has 0 spiro atoms. The highest BCUT2D eigenvalue weighted by molar-refractivity contribution is 5.92. The first-order valence-corrected chi connectivity index (χ1v) is 6.94. The Kier molecular flexibility index (Phi) is 3.89. The SMILES string of the molecule is CCC(C(=O)OC)C1=CC(C)(C)c2cc(OC)ccc21. The van der Waals surface area contributed by atoms with Crippen molar-refractivity contribution in [2.45, 2.75) is 32.6 Å². The number of ether oxygens (including phenoxy) is 2. The molecule has 0 saturated heterocycles. The molecule has 3 nitrogen and oxygen atoms in total. The molecule has 0 radical (unpaired) electrons. The molecule has 0 aromatic heterocycles. The zero-order chi connectivity index (χ0) is 14.9. The number of hydrogen-bond acceptors (Lipinski definition) is 3. The van der Waals surface area contributed by atoms with E-state index in [2.05, 4.69) is 26.0 Å². The van der Waals surface area contributed by atoms with Gasteiger partial charge in [-0.3, -0.25) is 4.79 Å². The number of esters is 1. The number of carbonyl (C=O) groups excluding carboxylic acids is 1. The van der Waals surface area contributed by atoms with Crippen LogP contribution in [0.5, 0.6) is 5.75 Å². The average Bonchev–Trinajstić information content (AvgIpc) is 2.71. The summed E-state index contributed by atoms with van der Waals surface area (Å²) in [4.78, 5) is 12.0. The zero-order valence-electron chi connectivity index (χ0n) is 12.8. The van der Waals surface area contributed by atoms with Gasteiger partial charge >= 0.3 is 5.97 Å². The van der Waals surface area contributed by atoms with Crippen molar-refractivity contribution in [2.75, 3.05) is 14.2 Å². The van der Waals surface area contributed by atoms with Gasteiger partial charge in [0.05, 0.1) is 20.1 Å². The first-order valence-electron chi connectivity index (χ1n) is 6.94. The van der Waals surface area contributed by atoms with Crippen LogP contribution in [0.25, 0.3) is 5.57 Å². The maximum atomic E-state index is 12.0. The highest BCUT2D eigenvalue weighted by Crippen LogP contribution is 2.45. The molecule has 0 aliphatic heterocycles. The molecule has 1 aliphatic carbocycles. The molecule has 1 aromatic rings. The Balaban J connectivity index is 2.51. The maximum Gasteiger partial charge on any atom is 0.313 e. The van der Waals surface area contributed by atoms with Gasteiger partial charge in [0, 0.05) is 5.41 Å². The summed E-state index contributed by atoms with van der Waals surface area (Å²) in [6.07, 6.45) is 2.92. The molecule has 1 aromatic carbocycles. The number of rotatable bonds is 4. The monoisotopic (exact) mass is 274 g/mol. The fourth-order valence-corrected chi connectivity index (χ4v) is 2.92. The van der Waals surface area contributed by atoms with Gasteiger partial charge in [-0.05, 0) is 35.3 Å². The van der Waals surface area contributed by atoms with Crippen molar-refractivity contribution in [2.24, 2.45) is 5.92 Å². The molecule has 1 aliphatic rings. The molecule has 108 valence electrons. The van der Waals surface area contributed by atoms with E-state index >= 15 is 0 Å². The van der Waals surface area contributed by atoms with E-state index in [0.29, 0.717) is 0 Å². The van der Waals surface area contributed by atoms with E-state index in [4.69, 9.17) is 9.47 Å². The van der Waals surface area contributed by atoms with Gasteiger partial charge in [-0.15, -0.1) is 0 Å². The molecule has 0 heterocycles. The van der Waals surface area contributed by atoms with Crippen LogP contribution in [0.15, 0.2) is 24.3 Å². The normalized spacial score (nSPS) is 17.1. The van der Waals surface area contributed by atoms with E-state index in [9.17, 15) is 4.79 Å². The van der Waals surface area contributed by atoms with Crippen LogP contribution >= 0.6 is 0 Å². The van der Waals surface area contributed by atoms with E-state index in [1.807, 2.05) is 19.1 Å². The molecule has 0 N–H and O–H groups in total. The lowest BCUT2D eigenvalue weighted by Gasteiger charge is -2.18. The van der Waals surface area contributed by atoms with Gasteiger partial charge in [0.25, 0.3) is 0 Å². The molecular formula is C17H22O3. The number of hydrogen-bond donors (Lipinski definition) is 0. The summed E-state index contributed by atoms with van der Waals surface area (Å²) < 4.78 is 10.2. The summed E-state index contributed by atoms with van der Waals surface area (Å²) in [6.45, 7) is 6.32. The third-order valence-corrected chi connectivity index (χ3v) is 4.02. The van der Waals surface area contributed by atoms with Crippen LogP contribution in [-0.4, -0.2) is 20.2 Å². The quantitative estimate of drug-likeness (QED) is 0.787. The van der Waals surface area contributed by atoms with Crippen molar-refractivity contribution in [3.05, 3.63) is 35.4 Å². The molecule has 0 amide bonds. The van der Waals surface area contributed by atoms with Crippen LogP contribution in [0.4, 0.5) is 0 Å².